The van der Waals surface area contributed by atoms with E-state index in [1.807, 2.05) is 13.8 Å². The van der Waals surface area contributed by atoms with Gasteiger partial charge in [-0.05, 0) is 25.2 Å². The van der Waals surface area contributed by atoms with Crippen LogP contribution in [0.2, 0.25) is 0 Å². The first-order valence-electron chi connectivity index (χ1n) is 5.65. The molecule has 1 aliphatic rings. The zero-order valence-corrected chi connectivity index (χ0v) is 9.73. The van der Waals surface area contributed by atoms with Crippen LogP contribution in [0.3, 0.4) is 0 Å². The van der Waals surface area contributed by atoms with Crippen molar-refractivity contribution in [2.45, 2.75) is 45.3 Å². The molecule has 1 heterocycles. The van der Waals surface area contributed by atoms with Crippen molar-refractivity contribution in [3.05, 3.63) is 0 Å². The zero-order valence-electron chi connectivity index (χ0n) is 9.73. The molecule has 5 nitrogen and oxygen atoms in total. The molecule has 0 aliphatic carbocycles. The monoisotopic (exact) mass is 229 g/mol. The second kappa shape index (κ2) is 5.84. The van der Waals surface area contributed by atoms with Crippen LogP contribution in [0.15, 0.2) is 0 Å². The summed E-state index contributed by atoms with van der Waals surface area (Å²) in [6.45, 7) is 4.43. The molecule has 1 fully saturated rings. The molecule has 0 bridgehead atoms. The largest absolute Gasteiger partial charge is 0.480 e. The van der Waals surface area contributed by atoms with Gasteiger partial charge in [-0.3, -0.25) is 4.79 Å². The number of rotatable bonds is 5. The maximum absolute atomic E-state index is 11.6. The van der Waals surface area contributed by atoms with Crippen molar-refractivity contribution in [3.63, 3.8) is 0 Å². The van der Waals surface area contributed by atoms with E-state index in [-0.39, 0.29) is 11.8 Å². The Labute approximate surface area is 95.2 Å². The third kappa shape index (κ3) is 3.81. The lowest BCUT2D eigenvalue weighted by Gasteiger charge is -2.18. The number of hydrogen-bond donors (Lipinski definition) is 2. The fraction of sp³-hybridized carbons (Fsp3) is 0.818. The van der Waals surface area contributed by atoms with Gasteiger partial charge >= 0.3 is 5.97 Å². The number of aliphatic carboxylic acids is 1. The number of carbonyl (C=O) groups is 2. The van der Waals surface area contributed by atoms with Gasteiger partial charge in [0.2, 0.25) is 5.91 Å². The van der Waals surface area contributed by atoms with Crippen LogP contribution in [0.4, 0.5) is 0 Å². The molecule has 16 heavy (non-hydrogen) atoms. The average molecular weight is 229 g/mol. The summed E-state index contributed by atoms with van der Waals surface area (Å²) in [6.07, 6.45) is 1.52. The molecule has 0 saturated carbocycles. The Bertz CT molecular complexity index is 259. The minimum Gasteiger partial charge on any atom is -0.480 e. The molecule has 0 radical (unpaired) electrons. The van der Waals surface area contributed by atoms with Crippen molar-refractivity contribution in [1.29, 1.82) is 0 Å². The van der Waals surface area contributed by atoms with Gasteiger partial charge in [-0.1, -0.05) is 13.8 Å². The molecule has 92 valence electrons. The molecule has 2 atom stereocenters. The first kappa shape index (κ1) is 13.0. The number of amides is 1. The Hall–Kier alpha value is -1.10. The summed E-state index contributed by atoms with van der Waals surface area (Å²) in [5.41, 5.74) is 0. The molecular weight excluding hydrogens is 210 g/mol. The fourth-order valence-electron chi connectivity index (χ4n) is 1.74. The summed E-state index contributed by atoms with van der Waals surface area (Å²) in [6, 6.07) is -0.809. The third-order valence-electron chi connectivity index (χ3n) is 2.54. The van der Waals surface area contributed by atoms with Crippen LogP contribution < -0.4 is 5.32 Å². The van der Waals surface area contributed by atoms with Gasteiger partial charge in [-0.25, -0.2) is 4.79 Å². The van der Waals surface area contributed by atoms with E-state index in [0.29, 0.717) is 19.4 Å². The van der Waals surface area contributed by atoms with Crippen molar-refractivity contribution in [2.24, 2.45) is 5.92 Å². The lowest BCUT2D eigenvalue weighted by Crippen LogP contribution is -2.45. The van der Waals surface area contributed by atoms with Gasteiger partial charge in [-0.15, -0.1) is 0 Å². The number of hydrogen-bond acceptors (Lipinski definition) is 3. The van der Waals surface area contributed by atoms with E-state index in [4.69, 9.17) is 9.84 Å². The van der Waals surface area contributed by atoms with Crippen molar-refractivity contribution >= 4 is 11.9 Å². The molecular formula is C11H19NO4. The van der Waals surface area contributed by atoms with Crippen LogP contribution in [0.1, 0.15) is 33.1 Å². The zero-order chi connectivity index (χ0) is 12.1. The summed E-state index contributed by atoms with van der Waals surface area (Å²) >= 11 is 0. The first-order chi connectivity index (χ1) is 7.50. The Morgan fingerprint density at radius 3 is 2.62 bits per heavy atom. The van der Waals surface area contributed by atoms with Crippen molar-refractivity contribution in [2.75, 3.05) is 6.61 Å². The maximum atomic E-state index is 11.6. The second-order valence-corrected chi connectivity index (χ2v) is 4.53. The number of carbonyl (C=O) groups excluding carboxylic acids is 1. The van der Waals surface area contributed by atoms with Crippen LogP contribution in [0.5, 0.6) is 0 Å². The van der Waals surface area contributed by atoms with E-state index in [1.54, 1.807) is 0 Å². The Kier molecular flexibility index (Phi) is 4.73. The lowest BCUT2D eigenvalue weighted by molar-refractivity contribution is -0.144. The maximum Gasteiger partial charge on any atom is 0.326 e. The molecule has 0 aromatic rings. The molecule has 0 aromatic heterocycles. The molecule has 2 N–H and O–H groups in total. The van der Waals surface area contributed by atoms with Crippen LogP contribution in [-0.4, -0.2) is 35.7 Å². The highest BCUT2D eigenvalue weighted by Gasteiger charge is 2.28. The highest BCUT2D eigenvalue weighted by atomic mass is 16.5. The fourth-order valence-corrected chi connectivity index (χ4v) is 1.74. The van der Waals surface area contributed by atoms with Crippen LogP contribution >= 0.6 is 0 Å². The lowest BCUT2D eigenvalue weighted by atomic mass is 10.0. The normalized spacial score (nSPS) is 22.1. The van der Waals surface area contributed by atoms with Gasteiger partial charge in [0.15, 0.2) is 0 Å². The number of nitrogens with one attached hydrogen (secondary N) is 1. The minimum atomic E-state index is -0.986. The standard InChI is InChI=1S/C11H19NO4/c1-7(2)6-8(11(14)15)12-10(13)9-4-3-5-16-9/h7-9H,3-6H2,1-2H3,(H,12,13)(H,14,15)/t8-,9+/m1/s1. The highest BCUT2D eigenvalue weighted by Crippen LogP contribution is 2.13. The summed E-state index contributed by atoms with van der Waals surface area (Å²) in [5.74, 6) is -1.06. The Morgan fingerprint density at radius 2 is 2.19 bits per heavy atom. The van der Waals surface area contributed by atoms with Crippen molar-refractivity contribution < 1.29 is 19.4 Å². The number of ether oxygens (including phenoxy) is 1. The minimum absolute atomic E-state index is 0.228. The number of carboxylic acids is 1. The van der Waals surface area contributed by atoms with Gasteiger partial charge in [0, 0.05) is 6.61 Å². The van der Waals surface area contributed by atoms with E-state index < -0.39 is 18.1 Å². The molecule has 1 rings (SSSR count). The van der Waals surface area contributed by atoms with Crippen molar-refractivity contribution in [3.8, 4) is 0 Å². The molecule has 1 amide bonds. The van der Waals surface area contributed by atoms with Crippen LogP contribution in [0.25, 0.3) is 0 Å². The predicted octanol–water partition coefficient (Wildman–Crippen LogP) is 0.781. The second-order valence-electron chi connectivity index (χ2n) is 4.53. The smallest absolute Gasteiger partial charge is 0.326 e. The number of carboxylic acid groups (broad SMARTS) is 1. The molecule has 1 saturated heterocycles. The predicted molar refractivity (Wildman–Crippen MR) is 58.0 cm³/mol. The van der Waals surface area contributed by atoms with E-state index in [1.165, 1.54) is 0 Å². The molecule has 0 unspecified atom stereocenters. The topological polar surface area (TPSA) is 75.6 Å². The SMILES string of the molecule is CC(C)C[C@@H](NC(=O)[C@@H]1CCCO1)C(=O)O. The Balaban J connectivity index is 2.47. The van der Waals surface area contributed by atoms with Crippen LogP contribution in [0, 0.1) is 5.92 Å². The van der Waals surface area contributed by atoms with Gasteiger partial charge in [0.25, 0.3) is 0 Å². The van der Waals surface area contributed by atoms with E-state index in [2.05, 4.69) is 5.32 Å². The summed E-state index contributed by atoms with van der Waals surface area (Å²) in [5, 5.41) is 11.5. The first-order valence-corrected chi connectivity index (χ1v) is 5.65. The van der Waals surface area contributed by atoms with Crippen LogP contribution in [-0.2, 0) is 14.3 Å². The molecule has 1 aliphatic heterocycles. The van der Waals surface area contributed by atoms with Crippen molar-refractivity contribution in [1.82, 2.24) is 5.32 Å². The summed E-state index contributed by atoms with van der Waals surface area (Å²) in [4.78, 5) is 22.6. The van der Waals surface area contributed by atoms with Gasteiger partial charge < -0.3 is 15.2 Å². The van der Waals surface area contributed by atoms with Gasteiger partial charge in [-0.2, -0.15) is 0 Å². The quantitative estimate of drug-likeness (QED) is 0.730. The molecule has 5 heteroatoms. The summed E-state index contributed by atoms with van der Waals surface area (Å²) < 4.78 is 5.20. The average Bonchev–Trinajstić information content (AvgIpc) is 2.68. The van der Waals surface area contributed by atoms with E-state index in [0.717, 1.165) is 6.42 Å². The third-order valence-corrected chi connectivity index (χ3v) is 2.54. The van der Waals surface area contributed by atoms with E-state index >= 15 is 0 Å². The van der Waals surface area contributed by atoms with E-state index in [9.17, 15) is 9.59 Å². The van der Waals surface area contributed by atoms with Gasteiger partial charge in [0.1, 0.15) is 12.1 Å². The Morgan fingerprint density at radius 1 is 1.50 bits per heavy atom. The molecule has 0 spiro atoms. The summed E-state index contributed by atoms with van der Waals surface area (Å²) in [7, 11) is 0. The highest BCUT2D eigenvalue weighted by molar-refractivity contribution is 5.86. The molecule has 0 aromatic carbocycles. The van der Waals surface area contributed by atoms with Gasteiger partial charge in [0.05, 0.1) is 0 Å².